The van der Waals surface area contributed by atoms with E-state index in [1.807, 2.05) is 0 Å². The number of fused-ring (bicyclic) bond motifs is 4. The second kappa shape index (κ2) is 7.72. The molecule has 3 aliphatic carbocycles. The lowest BCUT2D eigenvalue weighted by atomic mass is 9.49. The molecule has 0 bridgehead atoms. The Labute approximate surface area is 198 Å². The van der Waals surface area contributed by atoms with Crippen LogP contribution in [0.15, 0.2) is 11.1 Å². The highest BCUT2D eigenvalue weighted by molar-refractivity contribution is 5.68. The predicted molar refractivity (Wildman–Crippen MR) is 116 cm³/mol. The van der Waals surface area contributed by atoms with E-state index in [4.69, 9.17) is 14.2 Å². The zero-order chi connectivity index (χ0) is 25.6. The molecule has 3 fully saturated rings. The number of esters is 2. The molecular formula is C24H36O10. The maximum Gasteiger partial charge on any atom is 0.303 e. The highest BCUT2D eigenvalue weighted by Crippen LogP contribution is 2.67. The SMILES string of the molecule is CC(=O)O[C@H]1[C@@H]2[C@]3(OC(C)=O)CO[C@@H]3C[C@H](O)[C@@]2(C)[C@@H](O)[C@H](O)C2=C(C)[C@@H](O)C[C@]21C(C)(C)O. The molecule has 0 aromatic rings. The minimum Gasteiger partial charge on any atom is -0.461 e. The average molecular weight is 485 g/mol. The molecule has 1 saturated heterocycles. The molecule has 0 spiro atoms. The topological polar surface area (TPSA) is 163 Å². The summed E-state index contributed by atoms with van der Waals surface area (Å²) in [5.41, 5.74) is -5.64. The molecule has 0 unspecified atom stereocenters. The summed E-state index contributed by atoms with van der Waals surface area (Å²) in [7, 11) is 0. The largest absolute Gasteiger partial charge is 0.461 e. The summed E-state index contributed by atoms with van der Waals surface area (Å²) in [5.74, 6) is -2.40. The Bertz CT molecular complexity index is 923. The highest BCUT2D eigenvalue weighted by atomic mass is 16.6. The van der Waals surface area contributed by atoms with Crippen LogP contribution in [0.5, 0.6) is 0 Å². The van der Waals surface area contributed by atoms with Crippen LogP contribution < -0.4 is 0 Å². The normalized spacial score (nSPS) is 48.1. The summed E-state index contributed by atoms with van der Waals surface area (Å²) in [6.45, 7) is 8.49. The fourth-order valence-corrected chi connectivity index (χ4v) is 7.43. The molecule has 4 aliphatic rings. The van der Waals surface area contributed by atoms with Crippen LogP contribution in [0.3, 0.4) is 0 Å². The number of carbonyl (C=O) groups is 2. The smallest absolute Gasteiger partial charge is 0.303 e. The Morgan fingerprint density at radius 3 is 2.21 bits per heavy atom. The van der Waals surface area contributed by atoms with Gasteiger partial charge in [0, 0.05) is 25.7 Å². The molecule has 0 radical (unpaired) electrons. The fourth-order valence-electron chi connectivity index (χ4n) is 7.43. The zero-order valence-corrected chi connectivity index (χ0v) is 20.4. The number of hydrogen-bond acceptors (Lipinski definition) is 10. The van der Waals surface area contributed by atoms with Crippen molar-refractivity contribution in [3.8, 4) is 0 Å². The van der Waals surface area contributed by atoms with Crippen molar-refractivity contribution in [2.24, 2.45) is 16.7 Å². The van der Waals surface area contributed by atoms with Gasteiger partial charge in [-0.25, -0.2) is 0 Å². The van der Waals surface area contributed by atoms with Crippen molar-refractivity contribution in [3.05, 3.63) is 11.1 Å². The van der Waals surface area contributed by atoms with Crippen LogP contribution in [0.2, 0.25) is 0 Å². The minimum atomic E-state index is -1.67. The van der Waals surface area contributed by atoms with Gasteiger partial charge in [0.1, 0.15) is 18.3 Å². The monoisotopic (exact) mass is 484 g/mol. The van der Waals surface area contributed by atoms with Crippen LogP contribution in [0.1, 0.15) is 54.4 Å². The molecular weight excluding hydrogens is 448 g/mol. The van der Waals surface area contributed by atoms with Crippen molar-refractivity contribution in [1.82, 2.24) is 0 Å². The van der Waals surface area contributed by atoms with Crippen molar-refractivity contribution in [3.63, 3.8) is 0 Å². The van der Waals surface area contributed by atoms with Crippen molar-refractivity contribution in [1.29, 1.82) is 0 Å². The standard InChI is InChI=1S/C24H36O10/c1-10-13(27)8-23(21(4,5)31)16(10)17(29)19(30)22(6)14(28)7-15-24(9-32-15,34-12(3)26)18(22)20(23)33-11(2)25/h13-15,17-20,27-31H,7-9H2,1-6H3/t13-,14-,15+,17+,18-,19-,20-,22+,23-,24-/m0/s1. The average Bonchev–Trinajstić information content (AvgIpc) is 2.95. The summed E-state index contributed by atoms with van der Waals surface area (Å²) in [4.78, 5) is 24.8. The first-order valence-corrected chi connectivity index (χ1v) is 11.7. The number of aliphatic hydroxyl groups is 5. The molecule has 10 heteroatoms. The summed E-state index contributed by atoms with van der Waals surface area (Å²) in [6.07, 6.45) is -7.63. The molecule has 2 saturated carbocycles. The lowest BCUT2D eigenvalue weighted by molar-refractivity contribution is -0.352. The first-order valence-electron chi connectivity index (χ1n) is 11.7. The van der Waals surface area contributed by atoms with Gasteiger partial charge in [-0.2, -0.15) is 0 Å². The second-order valence-electron chi connectivity index (χ2n) is 11.2. The molecule has 0 aromatic heterocycles. The molecule has 5 N–H and O–H groups in total. The van der Waals surface area contributed by atoms with E-state index >= 15 is 0 Å². The quantitative estimate of drug-likeness (QED) is 0.263. The van der Waals surface area contributed by atoms with Crippen molar-refractivity contribution >= 4 is 11.9 Å². The number of aliphatic hydroxyl groups excluding tert-OH is 4. The zero-order valence-electron chi connectivity index (χ0n) is 20.4. The summed E-state index contributed by atoms with van der Waals surface area (Å²) < 4.78 is 17.5. The third-order valence-corrected chi connectivity index (χ3v) is 9.07. The Hall–Kier alpha value is -1.56. The van der Waals surface area contributed by atoms with Crippen LogP contribution >= 0.6 is 0 Å². The molecule has 1 heterocycles. The predicted octanol–water partition coefficient (Wildman–Crippen LogP) is -0.420. The first-order chi connectivity index (χ1) is 15.6. The van der Waals surface area contributed by atoms with E-state index in [1.54, 1.807) is 13.8 Å². The minimum absolute atomic E-state index is 0.0209. The summed E-state index contributed by atoms with van der Waals surface area (Å²) >= 11 is 0. The van der Waals surface area contributed by atoms with Gasteiger partial charge in [-0.15, -0.1) is 0 Å². The molecule has 1 aliphatic heterocycles. The van der Waals surface area contributed by atoms with E-state index in [0.717, 1.165) is 0 Å². The number of hydrogen-bond donors (Lipinski definition) is 5. The Morgan fingerprint density at radius 1 is 1.12 bits per heavy atom. The third-order valence-electron chi connectivity index (χ3n) is 9.07. The molecule has 10 atom stereocenters. The van der Waals surface area contributed by atoms with Gasteiger partial charge in [0.25, 0.3) is 0 Å². The van der Waals surface area contributed by atoms with Gasteiger partial charge in [-0.05, 0) is 38.3 Å². The summed E-state index contributed by atoms with van der Waals surface area (Å²) in [5, 5.41) is 56.9. The van der Waals surface area contributed by atoms with Crippen molar-refractivity contribution < 1.29 is 49.3 Å². The highest BCUT2D eigenvalue weighted by Gasteiger charge is 2.78. The van der Waals surface area contributed by atoms with Gasteiger partial charge in [0.05, 0.1) is 41.9 Å². The maximum absolute atomic E-state index is 12.5. The molecule has 0 aromatic carbocycles. The molecule has 192 valence electrons. The summed E-state index contributed by atoms with van der Waals surface area (Å²) in [6, 6.07) is 0. The number of carbonyl (C=O) groups excluding carboxylic acids is 2. The van der Waals surface area contributed by atoms with Gasteiger partial charge in [-0.3, -0.25) is 9.59 Å². The van der Waals surface area contributed by atoms with Gasteiger partial charge in [-0.1, -0.05) is 6.92 Å². The van der Waals surface area contributed by atoms with Gasteiger partial charge >= 0.3 is 11.9 Å². The third kappa shape index (κ3) is 3.02. The molecule has 4 rings (SSSR count). The van der Waals surface area contributed by atoms with Crippen LogP contribution in [-0.2, 0) is 23.8 Å². The van der Waals surface area contributed by atoms with E-state index in [2.05, 4.69) is 0 Å². The van der Waals surface area contributed by atoms with E-state index in [-0.39, 0.29) is 25.0 Å². The van der Waals surface area contributed by atoms with Gasteiger partial charge in [0.2, 0.25) is 0 Å². The van der Waals surface area contributed by atoms with Crippen molar-refractivity contribution in [2.75, 3.05) is 6.61 Å². The van der Waals surface area contributed by atoms with Gasteiger partial charge < -0.3 is 39.7 Å². The number of ether oxygens (including phenoxy) is 3. The van der Waals surface area contributed by atoms with Crippen molar-refractivity contribution in [2.45, 2.75) is 102 Å². The maximum atomic E-state index is 12.5. The van der Waals surface area contributed by atoms with Crippen LogP contribution in [0.4, 0.5) is 0 Å². The van der Waals surface area contributed by atoms with Crippen LogP contribution in [0.25, 0.3) is 0 Å². The van der Waals surface area contributed by atoms with E-state index in [0.29, 0.717) is 5.57 Å². The second-order valence-corrected chi connectivity index (χ2v) is 11.2. The van der Waals surface area contributed by atoms with E-state index < -0.39 is 76.5 Å². The molecule has 34 heavy (non-hydrogen) atoms. The van der Waals surface area contributed by atoms with Gasteiger partial charge in [0.15, 0.2) is 5.60 Å². The Kier molecular flexibility index (Phi) is 5.79. The number of rotatable bonds is 3. The Morgan fingerprint density at radius 2 is 1.74 bits per heavy atom. The fraction of sp³-hybridized carbons (Fsp3) is 0.833. The lowest BCUT2D eigenvalue weighted by Crippen LogP contribution is -2.78. The Balaban J connectivity index is 2.10. The molecule has 0 amide bonds. The van der Waals surface area contributed by atoms with E-state index in [1.165, 1.54) is 27.7 Å². The van der Waals surface area contributed by atoms with E-state index in [9.17, 15) is 35.1 Å². The lowest BCUT2D eigenvalue weighted by Gasteiger charge is -2.65. The molecule has 10 nitrogen and oxygen atoms in total. The van der Waals surface area contributed by atoms with Crippen LogP contribution in [0, 0.1) is 16.7 Å². The first kappa shape index (κ1) is 25.5. The van der Waals surface area contributed by atoms with Crippen LogP contribution in [-0.4, -0.2) is 91.9 Å².